The predicted octanol–water partition coefficient (Wildman–Crippen LogP) is 3.54. The van der Waals surface area contributed by atoms with E-state index >= 15 is 0 Å². The minimum absolute atomic E-state index is 0.0630. The maximum absolute atomic E-state index is 12.1. The number of hydrogen-bond acceptors (Lipinski definition) is 2. The molecular weight excluding hydrogens is 348 g/mol. The number of hydrogen-bond donors (Lipinski definition) is 2. The maximum atomic E-state index is 12.1. The molecule has 1 aromatic carbocycles. The minimum Gasteiger partial charge on any atom is -0.323 e. The van der Waals surface area contributed by atoms with Crippen molar-refractivity contribution in [1.82, 2.24) is 5.32 Å². The van der Waals surface area contributed by atoms with Crippen LogP contribution in [-0.2, 0) is 4.79 Å². The highest BCUT2D eigenvalue weighted by atomic mass is 79.9. The molecule has 0 bridgehead atoms. The van der Waals surface area contributed by atoms with Gasteiger partial charge in [0.05, 0.1) is 11.2 Å². The Morgan fingerprint density at radius 2 is 1.82 bits per heavy atom. The number of likely N-dealkylation sites (N-methyl/N-ethyl adjacent to an activating group) is 1. The van der Waals surface area contributed by atoms with Gasteiger partial charge in [0.15, 0.2) is 0 Å². The molecular formula is C12H16Br2N2O. The molecule has 1 amide bonds. The Kier molecular flexibility index (Phi) is 5.16. The molecule has 1 rings (SSSR count). The zero-order chi connectivity index (χ0) is 13.1. The molecule has 1 aromatic rings. The molecule has 0 saturated heterocycles. The Labute approximate surface area is 119 Å². The average Bonchev–Trinajstić information content (AvgIpc) is 2.23. The lowest BCUT2D eigenvalue weighted by Gasteiger charge is -2.25. The van der Waals surface area contributed by atoms with Gasteiger partial charge in [-0.15, -0.1) is 0 Å². The van der Waals surface area contributed by atoms with Crippen LogP contribution in [0.2, 0.25) is 0 Å². The van der Waals surface area contributed by atoms with Crippen molar-refractivity contribution in [3.8, 4) is 0 Å². The van der Waals surface area contributed by atoms with Gasteiger partial charge in [0.25, 0.3) is 0 Å². The summed E-state index contributed by atoms with van der Waals surface area (Å²) in [4.78, 5) is 12.1. The van der Waals surface area contributed by atoms with Crippen LogP contribution in [0.3, 0.4) is 0 Å². The van der Waals surface area contributed by atoms with Gasteiger partial charge in [0, 0.05) is 8.95 Å². The topological polar surface area (TPSA) is 41.1 Å². The van der Waals surface area contributed by atoms with Gasteiger partial charge in [-0.3, -0.25) is 4.79 Å². The first-order valence-electron chi connectivity index (χ1n) is 5.39. The molecule has 2 N–H and O–H groups in total. The smallest absolute Gasteiger partial charge is 0.244 e. The van der Waals surface area contributed by atoms with E-state index in [9.17, 15) is 4.79 Å². The van der Waals surface area contributed by atoms with Gasteiger partial charge in [-0.2, -0.15) is 0 Å². The summed E-state index contributed by atoms with van der Waals surface area (Å²) < 4.78 is 1.71. The SMILES string of the molecule is CCNC(C)(C)C(=O)Nc1c(Br)cccc1Br. The van der Waals surface area contributed by atoms with Gasteiger partial charge in [-0.1, -0.05) is 13.0 Å². The summed E-state index contributed by atoms with van der Waals surface area (Å²) in [6.45, 7) is 6.44. The first-order chi connectivity index (χ1) is 7.88. The standard InChI is InChI=1S/C12H16Br2N2O/c1-4-15-12(2,3)11(17)16-10-8(13)6-5-7-9(10)14/h5-7,15H,4H2,1-3H3,(H,16,17). The van der Waals surface area contributed by atoms with E-state index in [1.807, 2.05) is 39.0 Å². The van der Waals surface area contributed by atoms with Crippen molar-refractivity contribution in [3.63, 3.8) is 0 Å². The van der Waals surface area contributed by atoms with Crippen molar-refractivity contribution >= 4 is 43.5 Å². The highest BCUT2D eigenvalue weighted by Crippen LogP contribution is 2.31. The van der Waals surface area contributed by atoms with E-state index in [0.29, 0.717) is 0 Å². The molecule has 0 radical (unpaired) electrons. The number of carbonyl (C=O) groups excluding carboxylic acids is 1. The van der Waals surface area contributed by atoms with Crippen LogP contribution in [0.25, 0.3) is 0 Å². The fourth-order valence-corrected chi connectivity index (χ4v) is 2.61. The van der Waals surface area contributed by atoms with E-state index in [2.05, 4.69) is 42.5 Å². The lowest BCUT2D eigenvalue weighted by Crippen LogP contribution is -2.49. The molecule has 0 atom stereocenters. The molecule has 0 unspecified atom stereocenters. The van der Waals surface area contributed by atoms with Crippen molar-refractivity contribution in [1.29, 1.82) is 0 Å². The van der Waals surface area contributed by atoms with E-state index in [1.165, 1.54) is 0 Å². The molecule has 3 nitrogen and oxygen atoms in total. The summed E-state index contributed by atoms with van der Waals surface area (Å²) >= 11 is 6.83. The van der Waals surface area contributed by atoms with Gasteiger partial charge in [-0.25, -0.2) is 0 Å². The summed E-state index contributed by atoms with van der Waals surface area (Å²) in [7, 11) is 0. The van der Waals surface area contributed by atoms with Crippen molar-refractivity contribution in [2.45, 2.75) is 26.3 Å². The minimum atomic E-state index is -0.594. The van der Waals surface area contributed by atoms with Gasteiger partial charge in [0.1, 0.15) is 0 Å². The Morgan fingerprint density at radius 3 is 2.29 bits per heavy atom. The van der Waals surface area contributed by atoms with Gasteiger partial charge in [0.2, 0.25) is 5.91 Å². The number of carbonyl (C=O) groups is 1. The Bertz CT molecular complexity index is 399. The van der Waals surface area contributed by atoms with E-state index in [0.717, 1.165) is 21.2 Å². The van der Waals surface area contributed by atoms with E-state index < -0.39 is 5.54 Å². The number of para-hydroxylation sites is 1. The molecule has 0 fully saturated rings. The second-order valence-corrected chi connectivity index (χ2v) is 5.91. The van der Waals surface area contributed by atoms with Crippen LogP contribution in [0, 0.1) is 0 Å². The summed E-state index contributed by atoms with van der Waals surface area (Å²) in [6, 6.07) is 5.68. The zero-order valence-corrected chi connectivity index (χ0v) is 13.3. The van der Waals surface area contributed by atoms with E-state index in [1.54, 1.807) is 0 Å². The molecule has 5 heteroatoms. The third-order valence-corrected chi connectivity index (χ3v) is 3.71. The van der Waals surface area contributed by atoms with Crippen LogP contribution in [0.1, 0.15) is 20.8 Å². The summed E-state index contributed by atoms with van der Waals surface area (Å²) in [5.41, 5.74) is 0.159. The number of rotatable bonds is 4. The van der Waals surface area contributed by atoms with Crippen molar-refractivity contribution in [2.75, 3.05) is 11.9 Å². The molecule has 94 valence electrons. The van der Waals surface area contributed by atoms with E-state index in [-0.39, 0.29) is 5.91 Å². The monoisotopic (exact) mass is 362 g/mol. The van der Waals surface area contributed by atoms with Crippen LogP contribution in [-0.4, -0.2) is 18.0 Å². The number of halogens is 2. The number of amides is 1. The van der Waals surface area contributed by atoms with Crippen molar-refractivity contribution in [3.05, 3.63) is 27.1 Å². The fraction of sp³-hybridized carbons (Fsp3) is 0.417. The maximum Gasteiger partial charge on any atom is 0.244 e. The Hall–Kier alpha value is -0.390. The zero-order valence-electron chi connectivity index (χ0n) is 10.1. The molecule has 0 aliphatic rings. The highest BCUT2D eigenvalue weighted by molar-refractivity contribution is 9.11. The molecule has 0 aliphatic carbocycles. The number of benzene rings is 1. The largest absolute Gasteiger partial charge is 0.323 e. The van der Waals surface area contributed by atoms with Crippen molar-refractivity contribution in [2.24, 2.45) is 0 Å². The highest BCUT2D eigenvalue weighted by Gasteiger charge is 2.27. The molecule has 0 heterocycles. The summed E-state index contributed by atoms with van der Waals surface area (Å²) in [5, 5.41) is 6.05. The predicted molar refractivity (Wildman–Crippen MR) is 78.2 cm³/mol. The first-order valence-corrected chi connectivity index (χ1v) is 6.97. The van der Waals surface area contributed by atoms with Crippen LogP contribution < -0.4 is 10.6 Å². The number of anilines is 1. The van der Waals surface area contributed by atoms with Crippen molar-refractivity contribution < 1.29 is 4.79 Å². The number of nitrogens with one attached hydrogen (secondary N) is 2. The lowest BCUT2D eigenvalue weighted by molar-refractivity contribution is -0.121. The summed E-state index contributed by atoms with van der Waals surface area (Å²) in [5.74, 6) is -0.0630. The van der Waals surface area contributed by atoms with Crippen LogP contribution in [0.4, 0.5) is 5.69 Å². The van der Waals surface area contributed by atoms with Crippen LogP contribution >= 0.6 is 31.9 Å². The molecule has 0 spiro atoms. The normalized spacial score (nSPS) is 11.4. The summed E-state index contributed by atoms with van der Waals surface area (Å²) in [6.07, 6.45) is 0. The molecule has 0 aromatic heterocycles. The van der Waals surface area contributed by atoms with E-state index in [4.69, 9.17) is 0 Å². The first kappa shape index (κ1) is 14.7. The third-order valence-electron chi connectivity index (χ3n) is 2.39. The fourth-order valence-electron chi connectivity index (χ4n) is 1.41. The quantitative estimate of drug-likeness (QED) is 0.858. The molecule has 17 heavy (non-hydrogen) atoms. The van der Waals surface area contributed by atoms with Crippen LogP contribution in [0.5, 0.6) is 0 Å². The van der Waals surface area contributed by atoms with Gasteiger partial charge in [-0.05, 0) is 64.4 Å². The van der Waals surface area contributed by atoms with Gasteiger partial charge >= 0.3 is 0 Å². The Morgan fingerprint density at radius 1 is 1.29 bits per heavy atom. The second kappa shape index (κ2) is 5.98. The molecule has 0 aliphatic heterocycles. The van der Waals surface area contributed by atoms with Gasteiger partial charge < -0.3 is 10.6 Å². The lowest BCUT2D eigenvalue weighted by atomic mass is 10.0. The second-order valence-electron chi connectivity index (χ2n) is 4.21. The third kappa shape index (κ3) is 3.79. The average molecular weight is 364 g/mol. The Balaban J connectivity index is 2.88. The molecule has 0 saturated carbocycles. The van der Waals surface area contributed by atoms with Crippen LogP contribution in [0.15, 0.2) is 27.1 Å².